The lowest BCUT2D eigenvalue weighted by Gasteiger charge is -2.20. The standard InChI is InChI=1S/C18H30N4O3/c1-6-20-17(22-12-18(3,4)16(19)23)21-11-13(2)25-15-9-7-8-14(10-15)24-5/h7-10,13H,6,11-12H2,1-5H3,(H2,19,23)(H2,20,21,22). The van der Waals surface area contributed by atoms with Crippen molar-refractivity contribution in [3.05, 3.63) is 24.3 Å². The van der Waals surface area contributed by atoms with E-state index in [0.29, 0.717) is 25.6 Å². The highest BCUT2D eigenvalue weighted by Gasteiger charge is 2.24. The van der Waals surface area contributed by atoms with Crippen LogP contribution in [0.3, 0.4) is 0 Å². The van der Waals surface area contributed by atoms with Crippen LogP contribution in [-0.4, -0.2) is 44.7 Å². The van der Waals surface area contributed by atoms with Crippen molar-refractivity contribution in [2.75, 3.05) is 26.7 Å². The largest absolute Gasteiger partial charge is 0.497 e. The Morgan fingerprint density at radius 3 is 2.60 bits per heavy atom. The number of nitrogens with zero attached hydrogens (tertiary/aromatic N) is 1. The van der Waals surface area contributed by atoms with Gasteiger partial charge in [0.2, 0.25) is 5.91 Å². The summed E-state index contributed by atoms with van der Waals surface area (Å²) < 4.78 is 11.1. The van der Waals surface area contributed by atoms with Crippen LogP contribution in [0.4, 0.5) is 0 Å². The zero-order valence-corrected chi connectivity index (χ0v) is 15.8. The molecule has 140 valence electrons. The Bertz CT molecular complexity index is 587. The maximum Gasteiger partial charge on any atom is 0.224 e. The molecule has 0 aliphatic heterocycles. The number of hydrogen-bond acceptors (Lipinski definition) is 4. The molecule has 0 heterocycles. The van der Waals surface area contributed by atoms with Crippen molar-refractivity contribution in [1.82, 2.24) is 10.6 Å². The lowest BCUT2D eigenvalue weighted by Crippen LogP contribution is -2.43. The van der Waals surface area contributed by atoms with Crippen molar-refractivity contribution in [3.8, 4) is 11.5 Å². The van der Waals surface area contributed by atoms with Gasteiger partial charge in [0.15, 0.2) is 5.96 Å². The van der Waals surface area contributed by atoms with Crippen molar-refractivity contribution < 1.29 is 14.3 Å². The van der Waals surface area contributed by atoms with Crippen molar-refractivity contribution in [3.63, 3.8) is 0 Å². The number of benzene rings is 1. The fourth-order valence-electron chi connectivity index (χ4n) is 1.89. The third-order valence-corrected chi connectivity index (χ3v) is 3.58. The van der Waals surface area contributed by atoms with Gasteiger partial charge in [-0.25, -0.2) is 0 Å². The van der Waals surface area contributed by atoms with E-state index in [1.54, 1.807) is 21.0 Å². The average Bonchev–Trinajstić information content (AvgIpc) is 2.57. The van der Waals surface area contributed by atoms with Crippen LogP contribution < -0.4 is 25.8 Å². The van der Waals surface area contributed by atoms with Gasteiger partial charge in [-0.2, -0.15) is 0 Å². The number of aliphatic imine (C=N–C) groups is 1. The summed E-state index contributed by atoms with van der Waals surface area (Å²) in [5, 5.41) is 6.35. The summed E-state index contributed by atoms with van der Waals surface area (Å²) in [5.41, 5.74) is 4.69. The number of carbonyl (C=O) groups excluding carboxylic acids is 1. The smallest absolute Gasteiger partial charge is 0.224 e. The second-order valence-electron chi connectivity index (χ2n) is 6.43. The molecule has 0 bridgehead atoms. The summed E-state index contributed by atoms with van der Waals surface area (Å²) in [5.74, 6) is 1.74. The van der Waals surface area contributed by atoms with Crippen molar-refractivity contribution >= 4 is 11.9 Å². The van der Waals surface area contributed by atoms with Crippen LogP contribution in [0.5, 0.6) is 11.5 Å². The van der Waals surface area contributed by atoms with Gasteiger partial charge in [-0.3, -0.25) is 9.79 Å². The molecule has 4 N–H and O–H groups in total. The van der Waals surface area contributed by atoms with Crippen molar-refractivity contribution in [2.45, 2.75) is 33.8 Å². The summed E-state index contributed by atoms with van der Waals surface area (Å²) in [7, 11) is 1.62. The van der Waals surface area contributed by atoms with E-state index >= 15 is 0 Å². The van der Waals surface area contributed by atoms with E-state index in [2.05, 4.69) is 15.6 Å². The minimum Gasteiger partial charge on any atom is -0.497 e. The van der Waals surface area contributed by atoms with Gasteiger partial charge in [-0.1, -0.05) is 6.07 Å². The Kier molecular flexibility index (Phi) is 8.04. The molecule has 0 aromatic heterocycles. The van der Waals surface area contributed by atoms with E-state index in [0.717, 1.165) is 11.5 Å². The van der Waals surface area contributed by atoms with Gasteiger partial charge in [-0.05, 0) is 39.8 Å². The summed E-state index contributed by atoms with van der Waals surface area (Å²) in [6, 6.07) is 7.47. The molecule has 0 fully saturated rings. The van der Waals surface area contributed by atoms with Gasteiger partial charge in [-0.15, -0.1) is 0 Å². The van der Waals surface area contributed by atoms with Crippen LogP contribution in [-0.2, 0) is 4.79 Å². The first kappa shape index (κ1) is 20.6. The fraction of sp³-hybridized carbons (Fsp3) is 0.556. The van der Waals surface area contributed by atoms with E-state index in [9.17, 15) is 4.79 Å². The van der Waals surface area contributed by atoms with Crippen molar-refractivity contribution in [2.24, 2.45) is 16.1 Å². The highest BCUT2D eigenvalue weighted by molar-refractivity contribution is 5.82. The van der Waals surface area contributed by atoms with Gasteiger partial charge in [0.05, 0.1) is 25.6 Å². The molecule has 0 spiro atoms. The molecule has 1 aromatic carbocycles. The molecule has 1 unspecified atom stereocenters. The number of guanidine groups is 1. The summed E-state index contributed by atoms with van der Waals surface area (Å²) in [6.07, 6.45) is -0.0832. The number of carbonyl (C=O) groups is 1. The van der Waals surface area contributed by atoms with Crippen LogP contribution in [0.25, 0.3) is 0 Å². The minimum absolute atomic E-state index is 0.0832. The van der Waals surface area contributed by atoms with Crippen molar-refractivity contribution in [1.29, 1.82) is 0 Å². The third-order valence-electron chi connectivity index (χ3n) is 3.58. The van der Waals surface area contributed by atoms with Gasteiger partial charge in [0, 0.05) is 12.6 Å². The molecule has 0 saturated carbocycles. The van der Waals surface area contributed by atoms with Gasteiger partial charge < -0.3 is 25.8 Å². The fourth-order valence-corrected chi connectivity index (χ4v) is 1.89. The Hall–Kier alpha value is -2.44. The number of nitrogens with one attached hydrogen (secondary N) is 2. The molecule has 0 aliphatic rings. The molecule has 1 rings (SSSR count). The number of amides is 1. The van der Waals surface area contributed by atoms with E-state index in [1.807, 2.05) is 38.1 Å². The first-order valence-corrected chi connectivity index (χ1v) is 8.41. The topological polar surface area (TPSA) is 98.0 Å². The highest BCUT2D eigenvalue weighted by atomic mass is 16.5. The molecular weight excluding hydrogens is 320 g/mol. The van der Waals surface area contributed by atoms with Gasteiger partial charge >= 0.3 is 0 Å². The molecule has 1 aromatic rings. The molecule has 25 heavy (non-hydrogen) atoms. The van der Waals surface area contributed by atoms with Gasteiger partial charge in [0.25, 0.3) is 0 Å². The quantitative estimate of drug-likeness (QED) is 0.463. The molecular formula is C18H30N4O3. The molecule has 1 amide bonds. The monoisotopic (exact) mass is 350 g/mol. The van der Waals surface area contributed by atoms with Crippen LogP contribution in [0, 0.1) is 5.41 Å². The Labute approximate surface area is 150 Å². The van der Waals surface area contributed by atoms with Crippen LogP contribution in [0.1, 0.15) is 27.7 Å². The molecule has 1 atom stereocenters. The normalized spacial score (nSPS) is 13.1. The van der Waals surface area contributed by atoms with E-state index in [1.165, 1.54) is 0 Å². The maximum absolute atomic E-state index is 11.4. The summed E-state index contributed by atoms with van der Waals surface area (Å²) in [4.78, 5) is 15.8. The van der Waals surface area contributed by atoms with Crippen LogP contribution in [0.15, 0.2) is 29.3 Å². The Morgan fingerprint density at radius 2 is 2.00 bits per heavy atom. The molecule has 7 heteroatoms. The zero-order chi connectivity index (χ0) is 18.9. The van der Waals surface area contributed by atoms with E-state index < -0.39 is 5.41 Å². The lowest BCUT2D eigenvalue weighted by atomic mass is 9.93. The predicted molar refractivity (Wildman–Crippen MR) is 100 cm³/mol. The summed E-state index contributed by atoms with van der Waals surface area (Å²) in [6.45, 7) is 9.07. The first-order chi connectivity index (χ1) is 11.8. The SMILES string of the molecule is CCNC(=NCC(C)(C)C(N)=O)NCC(C)Oc1cccc(OC)c1. The van der Waals surface area contributed by atoms with E-state index in [4.69, 9.17) is 15.2 Å². The first-order valence-electron chi connectivity index (χ1n) is 8.41. The van der Waals surface area contributed by atoms with Crippen LogP contribution >= 0.6 is 0 Å². The number of hydrogen-bond donors (Lipinski definition) is 3. The third kappa shape index (κ3) is 7.32. The molecule has 0 saturated heterocycles. The second kappa shape index (κ2) is 9.76. The number of methoxy groups -OCH3 is 1. The lowest BCUT2D eigenvalue weighted by molar-refractivity contribution is -0.125. The molecule has 0 aliphatic carbocycles. The molecule has 7 nitrogen and oxygen atoms in total. The number of primary amides is 1. The number of rotatable bonds is 9. The predicted octanol–water partition coefficient (Wildman–Crippen LogP) is 1.53. The van der Waals surface area contributed by atoms with Crippen LogP contribution in [0.2, 0.25) is 0 Å². The maximum atomic E-state index is 11.4. The second-order valence-corrected chi connectivity index (χ2v) is 6.43. The zero-order valence-electron chi connectivity index (χ0n) is 15.8. The Morgan fingerprint density at radius 1 is 1.32 bits per heavy atom. The summed E-state index contributed by atoms with van der Waals surface area (Å²) >= 11 is 0. The minimum atomic E-state index is -0.689. The molecule has 0 radical (unpaired) electrons. The Balaban J connectivity index is 2.59. The van der Waals surface area contributed by atoms with E-state index in [-0.39, 0.29) is 12.0 Å². The average molecular weight is 350 g/mol. The number of ether oxygens (including phenoxy) is 2. The highest BCUT2D eigenvalue weighted by Crippen LogP contribution is 2.19. The van der Waals surface area contributed by atoms with Gasteiger partial charge in [0.1, 0.15) is 17.6 Å². The number of nitrogens with two attached hydrogens (primary N) is 1.